The van der Waals surface area contributed by atoms with E-state index in [1.54, 1.807) is 0 Å². The quantitative estimate of drug-likeness (QED) is 0.390. The average molecular weight is 351 g/mol. The third kappa shape index (κ3) is 3.23. The number of nitriles is 1. The first-order valence-corrected chi connectivity index (χ1v) is 8.69. The number of hydrogen-bond donors (Lipinski definition) is 0. The van der Waals surface area contributed by atoms with Crippen molar-refractivity contribution in [2.24, 2.45) is 10.2 Å². The first-order valence-electron chi connectivity index (χ1n) is 8.69. The second-order valence-electron chi connectivity index (χ2n) is 6.20. The highest BCUT2D eigenvalue weighted by atomic mass is 16.5. The molecule has 27 heavy (non-hydrogen) atoms. The molecule has 3 aromatic rings. The van der Waals surface area contributed by atoms with Gasteiger partial charge in [-0.15, -0.1) is 5.10 Å². The monoisotopic (exact) mass is 351 g/mol. The van der Waals surface area contributed by atoms with Crippen LogP contribution in [0.25, 0.3) is 11.1 Å². The molecule has 4 rings (SSSR count). The van der Waals surface area contributed by atoms with E-state index in [0.29, 0.717) is 5.75 Å². The Bertz CT molecular complexity index is 1040. The van der Waals surface area contributed by atoms with Crippen LogP contribution in [0.3, 0.4) is 0 Å². The van der Waals surface area contributed by atoms with Crippen LogP contribution in [0, 0.1) is 11.3 Å². The molecule has 0 saturated carbocycles. The number of ether oxygens (including phenoxy) is 1. The van der Waals surface area contributed by atoms with Crippen LogP contribution >= 0.6 is 0 Å². The van der Waals surface area contributed by atoms with Crippen molar-refractivity contribution >= 4 is 11.4 Å². The lowest BCUT2D eigenvalue weighted by atomic mass is 10.1. The molecular formula is C23H17N3O. The Hall–Kier alpha value is -3.71. The molecule has 0 unspecified atom stereocenters. The van der Waals surface area contributed by atoms with Gasteiger partial charge in [-0.2, -0.15) is 10.4 Å². The first-order chi connectivity index (χ1) is 13.3. The summed E-state index contributed by atoms with van der Waals surface area (Å²) < 4.78 is 5.28. The predicted octanol–water partition coefficient (Wildman–Crippen LogP) is 4.83. The van der Waals surface area contributed by atoms with Gasteiger partial charge >= 0.3 is 0 Å². The number of fused-ring (bicyclic) bond motifs is 3. The van der Waals surface area contributed by atoms with Crippen LogP contribution < -0.4 is 4.74 Å². The van der Waals surface area contributed by atoms with Gasteiger partial charge in [0.25, 0.3) is 0 Å². The van der Waals surface area contributed by atoms with Crippen LogP contribution in [0.15, 0.2) is 83.0 Å². The van der Waals surface area contributed by atoms with Crippen molar-refractivity contribution in [1.29, 1.82) is 5.26 Å². The lowest BCUT2D eigenvalue weighted by Gasteiger charge is -2.04. The molecule has 4 heteroatoms. The van der Waals surface area contributed by atoms with E-state index < -0.39 is 0 Å². The lowest BCUT2D eigenvalue weighted by Crippen LogP contribution is -1.99. The van der Waals surface area contributed by atoms with E-state index in [1.807, 2.05) is 61.5 Å². The highest BCUT2D eigenvalue weighted by molar-refractivity contribution is 6.24. The average Bonchev–Trinajstić information content (AvgIpc) is 3.05. The molecule has 0 spiro atoms. The van der Waals surface area contributed by atoms with E-state index in [0.717, 1.165) is 28.1 Å². The van der Waals surface area contributed by atoms with E-state index in [2.05, 4.69) is 34.5 Å². The van der Waals surface area contributed by atoms with Crippen molar-refractivity contribution in [2.75, 3.05) is 6.61 Å². The molecule has 1 aliphatic carbocycles. The van der Waals surface area contributed by atoms with E-state index in [1.165, 1.54) is 11.1 Å². The molecule has 1 aliphatic rings. The second kappa shape index (κ2) is 7.27. The van der Waals surface area contributed by atoms with Gasteiger partial charge in [0.05, 0.1) is 5.71 Å². The summed E-state index contributed by atoms with van der Waals surface area (Å²) in [6.07, 6.45) is 0. The zero-order valence-corrected chi connectivity index (χ0v) is 14.9. The van der Waals surface area contributed by atoms with Gasteiger partial charge in [-0.1, -0.05) is 48.5 Å². The third-order valence-electron chi connectivity index (χ3n) is 4.53. The number of nitrogens with zero attached hydrogens (tertiary/aromatic N) is 3. The van der Waals surface area contributed by atoms with Gasteiger partial charge in [0.2, 0.25) is 0 Å². The number of rotatable bonds is 4. The van der Waals surface area contributed by atoms with E-state index in [9.17, 15) is 0 Å². The maximum atomic E-state index is 8.57. The van der Waals surface area contributed by atoms with Crippen LogP contribution in [0.4, 0.5) is 0 Å². The zero-order chi connectivity index (χ0) is 18.6. The van der Waals surface area contributed by atoms with Crippen molar-refractivity contribution in [3.8, 4) is 22.9 Å². The Balaban J connectivity index is 1.67. The lowest BCUT2D eigenvalue weighted by molar-refractivity contribution is 0.368. The summed E-state index contributed by atoms with van der Waals surface area (Å²) in [6.45, 7) is 1.97. The fraction of sp³-hybridized carbons (Fsp3) is 0.0870. The van der Waals surface area contributed by atoms with Gasteiger partial charge in [-0.25, -0.2) is 0 Å². The molecule has 0 N–H and O–H groups in total. The Kier molecular flexibility index (Phi) is 4.51. The summed E-state index contributed by atoms with van der Waals surface area (Å²) in [5, 5.41) is 17.6. The molecular weight excluding hydrogens is 334 g/mol. The molecule has 4 nitrogen and oxygen atoms in total. The Morgan fingerprint density at radius 3 is 1.96 bits per heavy atom. The van der Waals surface area contributed by atoms with Crippen LogP contribution in [-0.4, -0.2) is 18.0 Å². The third-order valence-corrected chi connectivity index (χ3v) is 4.53. The molecule has 0 heterocycles. The molecule has 0 amide bonds. The molecule has 0 radical (unpaired) electrons. The SMILES string of the molecule is C/C(=N/N=C1c2ccccc2-c2ccccc21)c1ccc(OCC#N)cc1. The van der Waals surface area contributed by atoms with Crippen LogP contribution in [0.5, 0.6) is 5.75 Å². The van der Waals surface area contributed by atoms with Crippen molar-refractivity contribution in [2.45, 2.75) is 6.92 Å². The first kappa shape index (κ1) is 16.7. The second-order valence-corrected chi connectivity index (χ2v) is 6.20. The summed E-state index contributed by atoms with van der Waals surface area (Å²) >= 11 is 0. The topological polar surface area (TPSA) is 57.7 Å². The maximum Gasteiger partial charge on any atom is 0.174 e. The molecule has 0 bridgehead atoms. The Morgan fingerprint density at radius 2 is 1.41 bits per heavy atom. The van der Waals surface area contributed by atoms with Gasteiger partial charge in [0.1, 0.15) is 17.5 Å². The summed E-state index contributed by atoms with van der Waals surface area (Å²) in [6, 6.07) is 26.0. The molecule has 0 atom stereocenters. The van der Waals surface area contributed by atoms with Crippen molar-refractivity contribution in [3.63, 3.8) is 0 Å². The minimum absolute atomic E-state index is 0.0406. The summed E-state index contributed by atoms with van der Waals surface area (Å²) in [5.41, 5.74) is 7.28. The fourth-order valence-electron chi connectivity index (χ4n) is 3.19. The van der Waals surface area contributed by atoms with Gasteiger partial charge < -0.3 is 4.74 Å². The highest BCUT2D eigenvalue weighted by Gasteiger charge is 2.23. The largest absolute Gasteiger partial charge is 0.479 e. The molecule has 130 valence electrons. The minimum Gasteiger partial charge on any atom is -0.479 e. The van der Waals surface area contributed by atoms with Gasteiger partial charge in [-0.3, -0.25) is 0 Å². The van der Waals surface area contributed by atoms with E-state index in [4.69, 9.17) is 10.00 Å². The Morgan fingerprint density at radius 1 is 0.852 bits per heavy atom. The Labute approximate surface area is 158 Å². The summed E-state index contributed by atoms with van der Waals surface area (Å²) in [7, 11) is 0. The molecule has 0 saturated heterocycles. The fourth-order valence-corrected chi connectivity index (χ4v) is 3.19. The smallest absolute Gasteiger partial charge is 0.174 e. The zero-order valence-electron chi connectivity index (χ0n) is 14.9. The number of hydrogen-bond acceptors (Lipinski definition) is 4. The maximum absolute atomic E-state index is 8.57. The predicted molar refractivity (Wildman–Crippen MR) is 107 cm³/mol. The van der Waals surface area contributed by atoms with Crippen LogP contribution in [-0.2, 0) is 0 Å². The van der Waals surface area contributed by atoms with Crippen molar-refractivity contribution in [1.82, 2.24) is 0 Å². The van der Waals surface area contributed by atoms with Crippen LogP contribution in [0.2, 0.25) is 0 Å². The highest BCUT2D eigenvalue weighted by Crippen LogP contribution is 2.36. The molecule has 0 aliphatic heterocycles. The summed E-state index contributed by atoms with van der Waals surface area (Å²) in [4.78, 5) is 0. The van der Waals surface area contributed by atoms with Crippen molar-refractivity contribution in [3.05, 3.63) is 89.5 Å². The van der Waals surface area contributed by atoms with Crippen molar-refractivity contribution < 1.29 is 4.74 Å². The molecule has 3 aromatic carbocycles. The van der Waals surface area contributed by atoms with E-state index >= 15 is 0 Å². The molecule has 0 fully saturated rings. The minimum atomic E-state index is 0.0406. The van der Waals surface area contributed by atoms with Gasteiger partial charge in [0, 0.05) is 11.1 Å². The van der Waals surface area contributed by atoms with E-state index in [-0.39, 0.29) is 6.61 Å². The van der Waals surface area contributed by atoms with Crippen LogP contribution in [0.1, 0.15) is 23.6 Å². The molecule has 0 aromatic heterocycles. The van der Waals surface area contributed by atoms with Gasteiger partial charge in [-0.05, 0) is 47.9 Å². The normalized spacial score (nSPS) is 12.1. The summed E-state index contributed by atoms with van der Waals surface area (Å²) in [5.74, 6) is 0.665. The van der Waals surface area contributed by atoms with Gasteiger partial charge in [0.15, 0.2) is 6.61 Å². The standard InChI is InChI=1S/C23H17N3O/c1-16(17-10-12-18(13-11-17)27-15-14-24)25-26-23-21-8-4-2-6-19(21)20-7-3-5-9-22(20)23/h2-13H,15H2,1H3/b25-16-. The number of benzene rings is 3.